The maximum atomic E-state index is 10.3. The van der Waals surface area contributed by atoms with Crippen LogP contribution in [0.25, 0.3) is 44.2 Å². The molecule has 1 N–H and O–H groups in total. The zero-order chi connectivity index (χ0) is 32.3. The lowest BCUT2D eigenvalue weighted by Crippen LogP contribution is -2.46. The van der Waals surface area contributed by atoms with Gasteiger partial charge in [0.15, 0.2) is 0 Å². The lowest BCUT2D eigenvalue weighted by Gasteiger charge is -2.43. The van der Waals surface area contributed by atoms with E-state index in [-0.39, 0.29) is 0 Å². The Labute approximate surface area is 272 Å². The van der Waals surface area contributed by atoms with E-state index in [9.17, 15) is 4.79 Å². The number of benzene rings is 2. The lowest BCUT2D eigenvalue weighted by molar-refractivity contribution is 0.0757. The molecule has 0 radical (unpaired) electrons. The highest BCUT2D eigenvalue weighted by atomic mass is 35.5. The van der Waals surface area contributed by atoms with Gasteiger partial charge in [-0.2, -0.15) is 15.3 Å². The molecule has 12 heteroatoms. The minimum Gasteiger partial charge on any atom is -0.301 e. The Bertz CT molecular complexity index is 2060. The van der Waals surface area contributed by atoms with Crippen LogP contribution in [0.1, 0.15) is 68.6 Å². The number of hydrogen-bond acceptors (Lipinski definition) is 7. The van der Waals surface area contributed by atoms with Gasteiger partial charge in [0.2, 0.25) is 6.41 Å². The van der Waals surface area contributed by atoms with Gasteiger partial charge in [0, 0.05) is 58.2 Å². The van der Waals surface area contributed by atoms with Crippen LogP contribution in [0.5, 0.6) is 0 Å². The van der Waals surface area contributed by atoms with Crippen molar-refractivity contribution in [1.29, 1.82) is 0 Å². The van der Waals surface area contributed by atoms with Crippen LogP contribution in [0.2, 0.25) is 5.02 Å². The molecule has 6 aromatic rings. The number of aromatic nitrogens is 9. The maximum Gasteiger partial charge on any atom is 0.220 e. The van der Waals surface area contributed by atoms with Gasteiger partial charge in [-0.3, -0.25) is 23.8 Å². The molecule has 2 aliphatic rings. The number of rotatable bonds is 7. The number of aromatic amines is 1. The molecule has 8 rings (SSSR count). The van der Waals surface area contributed by atoms with E-state index in [1.54, 1.807) is 0 Å². The number of nitrogens with one attached hydrogen (secondary N) is 1. The van der Waals surface area contributed by atoms with E-state index in [0.29, 0.717) is 24.0 Å². The van der Waals surface area contributed by atoms with E-state index in [1.807, 2.05) is 31.0 Å². The van der Waals surface area contributed by atoms with Gasteiger partial charge in [-0.25, -0.2) is 0 Å². The SMILES string of the molecule is Cc1cc2[nH]ncc2c(-c2c(-c3ccc4c(cnn4C)c3)nn(C3CC(N(C)C(C)C)C3)c2C)c1Cl.O=Cn1cnnc1C1CC1. The van der Waals surface area contributed by atoms with Gasteiger partial charge in [-0.15, -0.1) is 10.2 Å². The summed E-state index contributed by atoms with van der Waals surface area (Å²) in [5, 5.41) is 27.5. The number of H-pyrrole nitrogens is 1. The highest BCUT2D eigenvalue weighted by molar-refractivity contribution is 6.36. The van der Waals surface area contributed by atoms with Gasteiger partial charge < -0.3 is 4.90 Å². The minimum absolute atomic E-state index is 0.370. The fraction of sp³-hybridized carbons (Fsp3) is 0.412. The molecule has 0 saturated heterocycles. The second-order valence-electron chi connectivity index (χ2n) is 13.0. The van der Waals surface area contributed by atoms with Crippen molar-refractivity contribution in [3.8, 4) is 22.4 Å². The molecule has 0 bridgehead atoms. The summed E-state index contributed by atoms with van der Waals surface area (Å²) in [6.07, 6.45) is 10.5. The highest BCUT2D eigenvalue weighted by Crippen LogP contribution is 2.46. The molecule has 46 heavy (non-hydrogen) atoms. The van der Waals surface area contributed by atoms with Crippen LogP contribution in [0.15, 0.2) is 43.0 Å². The number of carbonyl (C=O) groups is 1. The van der Waals surface area contributed by atoms with Gasteiger partial charge in [0.25, 0.3) is 0 Å². The van der Waals surface area contributed by atoms with Gasteiger partial charge >= 0.3 is 0 Å². The molecule has 2 aromatic carbocycles. The minimum atomic E-state index is 0.370. The largest absolute Gasteiger partial charge is 0.301 e. The molecule has 4 aromatic heterocycles. The Balaban J connectivity index is 0.000000286. The number of aryl methyl sites for hydroxylation is 2. The Kier molecular flexibility index (Phi) is 7.76. The zero-order valence-electron chi connectivity index (χ0n) is 27.1. The first kappa shape index (κ1) is 30.3. The predicted octanol–water partition coefficient (Wildman–Crippen LogP) is 6.49. The van der Waals surface area contributed by atoms with Crippen LogP contribution in [0, 0.1) is 13.8 Å². The zero-order valence-corrected chi connectivity index (χ0v) is 27.8. The van der Waals surface area contributed by atoms with Crippen molar-refractivity contribution in [2.45, 2.75) is 77.4 Å². The summed E-state index contributed by atoms with van der Waals surface area (Å²) < 4.78 is 5.58. The fourth-order valence-electron chi connectivity index (χ4n) is 6.61. The number of hydrogen-bond donors (Lipinski definition) is 1. The van der Waals surface area contributed by atoms with Crippen molar-refractivity contribution in [3.05, 3.63) is 65.1 Å². The number of carbonyl (C=O) groups excluding carboxylic acids is 1. The molecule has 0 aliphatic heterocycles. The molecular formula is C34H39ClN10O. The van der Waals surface area contributed by atoms with Gasteiger partial charge in [-0.1, -0.05) is 17.7 Å². The molecule has 2 saturated carbocycles. The standard InChI is InChI=1S/C28H32ClN7.C6H7N3O/c1-15(2)34(5)20-11-21(12-20)36-17(4)25(26-22-14-30-32-23(22)9-16(3)27(26)29)28(33-36)18-7-8-24-19(10-18)13-31-35(24)6;10-4-9-3-7-8-6(9)5-1-2-5/h7-10,13-15,20-21H,11-12H2,1-6H3,(H,30,32);3-5H,1-2H2. The molecule has 11 nitrogen and oxygen atoms in total. The topological polar surface area (TPSA) is 115 Å². The van der Waals surface area contributed by atoms with Crippen molar-refractivity contribution < 1.29 is 4.79 Å². The molecule has 0 unspecified atom stereocenters. The first-order valence-electron chi connectivity index (χ1n) is 15.9. The third kappa shape index (κ3) is 5.21. The summed E-state index contributed by atoms with van der Waals surface area (Å²) in [6, 6.07) is 10.0. The summed E-state index contributed by atoms with van der Waals surface area (Å²) in [5.41, 5.74) is 8.34. The Morgan fingerprint density at radius 1 is 1.11 bits per heavy atom. The van der Waals surface area contributed by atoms with E-state index in [0.717, 1.165) is 98.4 Å². The van der Waals surface area contributed by atoms with Gasteiger partial charge in [0.1, 0.15) is 17.8 Å². The first-order chi connectivity index (χ1) is 22.2. The van der Waals surface area contributed by atoms with Crippen LogP contribution in [-0.2, 0) is 11.8 Å². The van der Waals surface area contributed by atoms with Crippen LogP contribution >= 0.6 is 11.6 Å². The van der Waals surface area contributed by atoms with E-state index in [4.69, 9.17) is 16.7 Å². The van der Waals surface area contributed by atoms with E-state index < -0.39 is 0 Å². The fourth-order valence-corrected chi connectivity index (χ4v) is 6.86. The number of nitrogens with zero attached hydrogens (tertiary/aromatic N) is 9. The van der Waals surface area contributed by atoms with Crippen LogP contribution < -0.4 is 0 Å². The Morgan fingerprint density at radius 3 is 2.61 bits per heavy atom. The molecule has 0 atom stereocenters. The average Bonchev–Trinajstić information content (AvgIpc) is 3.32. The second kappa shape index (κ2) is 11.8. The van der Waals surface area contributed by atoms with Crippen LogP contribution in [0.3, 0.4) is 0 Å². The van der Waals surface area contributed by atoms with Crippen molar-refractivity contribution in [3.63, 3.8) is 0 Å². The first-order valence-corrected chi connectivity index (χ1v) is 16.2. The van der Waals surface area contributed by atoms with Crippen LogP contribution in [0.4, 0.5) is 0 Å². The summed E-state index contributed by atoms with van der Waals surface area (Å²) in [7, 11) is 4.19. The summed E-state index contributed by atoms with van der Waals surface area (Å²) in [5.74, 6) is 1.31. The molecule has 0 amide bonds. The van der Waals surface area contributed by atoms with Crippen LogP contribution in [-0.4, -0.2) is 75.0 Å². The smallest absolute Gasteiger partial charge is 0.220 e. The van der Waals surface area contributed by atoms with E-state index in [2.05, 4.69) is 87.2 Å². The van der Waals surface area contributed by atoms with Crippen molar-refractivity contribution in [1.82, 2.24) is 49.4 Å². The average molecular weight is 639 g/mol. The van der Waals surface area contributed by atoms with Crippen molar-refractivity contribution in [2.75, 3.05) is 7.05 Å². The van der Waals surface area contributed by atoms with E-state index in [1.165, 1.54) is 10.9 Å². The molecular weight excluding hydrogens is 600 g/mol. The molecule has 2 fully saturated rings. The van der Waals surface area contributed by atoms with Crippen molar-refractivity contribution >= 4 is 39.8 Å². The summed E-state index contributed by atoms with van der Waals surface area (Å²) >= 11 is 7.03. The monoisotopic (exact) mass is 638 g/mol. The normalized spacial score (nSPS) is 17.9. The predicted molar refractivity (Wildman–Crippen MR) is 181 cm³/mol. The summed E-state index contributed by atoms with van der Waals surface area (Å²) in [6.45, 7) is 8.74. The Hall–Kier alpha value is -4.35. The quantitative estimate of drug-likeness (QED) is 0.199. The van der Waals surface area contributed by atoms with Gasteiger partial charge in [0.05, 0.1) is 34.5 Å². The lowest BCUT2D eigenvalue weighted by atomic mass is 9.85. The Morgan fingerprint density at radius 2 is 1.89 bits per heavy atom. The van der Waals surface area contributed by atoms with Crippen molar-refractivity contribution in [2.24, 2.45) is 7.05 Å². The highest BCUT2D eigenvalue weighted by Gasteiger charge is 2.37. The molecule has 0 spiro atoms. The molecule has 4 heterocycles. The van der Waals surface area contributed by atoms with E-state index >= 15 is 0 Å². The third-order valence-corrected chi connectivity index (χ3v) is 10.3. The maximum absolute atomic E-state index is 10.3. The number of fused-ring (bicyclic) bond motifs is 2. The molecule has 238 valence electrons. The number of halogens is 1. The summed E-state index contributed by atoms with van der Waals surface area (Å²) in [4.78, 5) is 12.8. The second-order valence-corrected chi connectivity index (χ2v) is 13.4. The third-order valence-electron chi connectivity index (χ3n) is 9.77. The van der Waals surface area contributed by atoms with Gasteiger partial charge in [-0.05, 0) is 84.2 Å². The molecule has 2 aliphatic carbocycles.